The summed E-state index contributed by atoms with van der Waals surface area (Å²) < 4.78 is 5.32. The molecule has 2 heterocycles. The van der Waals surface area contributed by atoms with Crippen molar-refractivity contribution < 1.29 is 14.6 Å². The molecule has 1 atom stereocenters. The van der Waals surface area contributed by atoms with E-state index in [0.717, 1.165) is 48.2 Å². The normalized spacial score (nSPS) is 16.0. The maximum atomic E-state index is 12.5. The molecule has 0 fully saturated rings. The van der Waals surface area contributed by atoms with Crippen LogP contribution in [0.4, 0.5) is 5.69 Å². The van der Waals surface area contributed by atoms with E-state index in [2.05, 4.69) is 17.2 Å². The van der Waals surface area contributed by atoms with Crippen molar-refractivity contribution in [1.29, 1.82) is 0 Å². The Bertz CT molecular complexity index is 864. The Kier molecular flexibility index (Phi) is 6.14. The van der Waals surface area contributed by atoms with Gasteiger partial charge in [-0.15, -0.1) is 0 Å². The fraction of sp³-hybridized carbons (Fsp3) is 0.318. The molecule has 0 unspecified atom stereocenters. The van der Waals surface area contributed by atoms with Crippen molar-refractivity contribution in [3.05, 3.63) is 53.4 Å². The first kappa shape index (κ1) is 19.0. The van der Waals surface area contributed by atoms with Gasteiger partial charge in [0.1, 0.15) is 5.75 Å². The quantitative estimate of drug-likeness (QED) is 0.477. The van der Waals surface area contributed by atoms with Crippen LogP contribution >= 0.6 is 0 Å². The summed E-state index contributed by atoms with van der Waals surface area (Å²) in [6.45, 7) is 2.15. The van der Waals surface area contributed by atoms with Crippen molar-refractivity contribution >= 4 is 29.3 Å². The van der Waals surface area contributed by atoms with Gasteiger partial charge in [0.25, 0.3) is 5.91 Å². The van der Waals surface area contributed by atoms with Gasteiger partial charge in [-0.2, -0.15) is 0 Å². The Hall–Kier alpha value is -2.79. The molecule has 0 radical (unpaired) electrons. The molecule has 1 aromatic heterocycles. The summed E-state index contributed by atoms with van der Waals surface area (Å²) in [5, 5.41) is 13.1. The zero-order chi connectivity index (χ0) is 19.2. The van der Waals surface area contributed by atoms with Crippen molar-refractivity contribution in [2.45, 2.75) is 38.7 Å². The number of carbonyl (C=O) groups is 1. The first-order chi connectivity index (χ1) is 13.1. The number of methoxy groups -OCH3 is 1. The summed E-state index contributed by atoms with van der Waals surface area (Å²) in [5.74, 6) is 0.536. The number of aromatic amines is 1. The monoisotopic (exact) mass is 366 g/mol. The molecule has 0 saturated heterocycles. The number of H-pyrrole nitrogens is 1. The third-order valence-corrected chi connectivity index (χ3v) is 4.71. The number of amides is 1. The van der Waals surface area contributed by atoms with Crippen molar-refractivity contribution in [2.75, 3.05) is 12.4 Å². The Morgan fingerprint density at radius 1 is 1.26 bits per heavy atom. The van der Waals surface area contributed by atoms with Gasteiger partial charge in [0.15, 0.2) is 0 Å². The summed E-state index contributed by atoms with van der Waals surface area (Å²) in [4.78, 5) is 15.6. The molecule has 0 bridgehead atoms. The van der Waals surface area contributed by atoms with E-state index < -0.39 is 6.10 Å². The third-order valence-electron chi connectivity index (χ3n) is 4.71. The Morgan fingerprint density at radius 3 is 2.89 bits per heavy atom. The molecule has 0 aliphatic carbocycles. The fourth-order valence-corrected chi connectivity index (χ4v) is 3.27. The van der Waals surface area contributed by atoms with E-state index in [1.807, 2.05) is 30.3 Å². The predicted octanol–water partition coefficient (Wildman–Crippen LogP) is 4.47. The second kappa shape index (κ2) is 8.73. The second-order valence-corrected chi connectivity index (χ2v) is 6.66. The molecule has 1 aromatic carbocycles. The van der Waals surface area contributed by atoms with Gasteiger partial charge in [0.05, 0.1) is 24.5 Å². The highest BCUT2D eigenvalue weighted by molar-refractivity contribution is 6.35. The summed E-state index contributed by atoms with van der Waals surface area (Å²) in [7, 11) is 1.60. The lowest BCUT2D eigenvalue weighted by atomic mass is 9.98. The van der Waals surface area contributed by atoms with Crippen LogP contribution in [0.2, 0.25) is 0 Å². The minimum absolute atomic E-state index is 0.147. The first-order valence-electron chi connectivity index (χ1n) is 9.38. The van der Waals surface area contributed by atoms with Crippen molar-refractivity contribution in [3.63, 3.8) is 0 Å². The number of aromatic nitrogens is 1. The molecule has 1 aliphatic rings. The average molecular weight is 366 g/mol. The number of hydrogen-bond donors (Lipinski definition) is 3. The van der Waals surface area contributed by atoms with E-state index in [-0.39, 0.29) is 5.91 Å². The maximum absolute atomic E-state index is 12.5. The number of anilines is 1. The summed E-state index contributed by atoms with van der Waals surface area (Å²) in [6.07, 6.45) is 10.8. The molecule has 142 valence electrons. The predicted molar refractivity (Wildman–Crippen MR) is 109 cm³/mol. The van der Waals surface area contributed by atoms with Crippen molar-refractivity contribution in [2.24, 2.45) is 0 Å². The van der Waals surface area contributed by atoms with Gasteiger partial charge in [0, 0.05) is 17.4 Å². The number of benzene rings is 1. The van der Waals surface area contributed by atoms with Gasteiger partial charge < -0.3 is 20.1 Å². The highest BCUT2D eigenvalue weighted by Crippen LogP contribution is 2.37. The average Bonchev–Trinajstić information content (AvgIpc) is 3.24. The zero-order valence-electron chi connectivity index (χ0n) is 15.8. The molecular formula is C22H26N2O3. The molecule has 2 aromatic rings. The van der Waals surface area contributed by atoms with E-state index in [1.54, 1.807) is 25.5 Å². The molecular weight excluding hydrogens is 340 g/mol. The van der Waals surface area contributed by atoms with Crippen LogP contribution in [0, 0.1) is 0 Å². The number of nitrogens with one attached hydrogen (secondary N) is 2. The van der Waals surface area contributed by atoms with Gasteiger partial charge >= 0.3 is 0 Å². The standard InChI is InChI=1S/C22H26N2O3/c1-3-4-5-8-16(25)11-10-15-7-6-9-18-21(15)17(22(26)24-18)14-19-20(27-2)12-13-23-19/h6-7,9-14,16,23,25H,3-5,8H2,1-2H3,(H,24,26)/t16-/m1/s1. The Labute approximate surface area is 159 Å². The minimum atomic E-state index is -0.478. The second-order valence-electron chi connectivity index (χ2n) is 6.66. The minimum Gasteiger partial charge on any atom is -0.495 e. The van der Waals surface area contributed by atoms with Crippen LogP contribution in [0.15, 0.2) is 36.5 Å². The lowest BCUT2D eigenvalue weighted by molar-refractivity contribution is -0.110. The highest BCUT2D eigenvalue weighted by atomic mass is 16.5. The lowest BCUT2D eigenvalue weighted by Crippen LogP contribution is -2.03. The molecule has 0 spiro atoms. The van der Waals surface area contributed by atoms with E-state index in [4.69, 9.17) is 4.74 Å². The molecule has 0 saturated carbocycles. The Morgan fingerprint density at radius 2 is 2.11 bits per heavy atom. The van der Waals surface area contributed by atoms with Gasteiger partial charge in [-0.05, 0) is 30.2 Å². The van der Waals surface area contributed by atoms with E-state index in [9.17, 15) is 9.90 Å². The van der Waals surface area contributed by atoms with Gasteiger partial charge in [-0.3, -0.25) is 4.79 Å². The van der Waals surface area contributed by atoms with Crippen molar-refractivity contribution in [3.8, 4) is 5.75 Å². The van der Waals surface area contributed by atoms with Crippen LogP contribution < -0.4 is 10.1 Å². The summed E-state index contributed by atoms with van der Waals surface area (Å²) in [6, 6.07) is 7.56. The topological polar surface area (TPSA) is 74.3 Å². The molecule has 3 rings (SSSR count). The van der Waals surface area contributed by atoms with Crippen LogP contribution in [0.3, 0.4) is 0 Å². The van der Waals surface area contributed by atoms with E-state index >= 15 is 0 Å². The largest absolute Gasteiger partial charge is 0.495 e. The van der Waals surface area contributed by atoms with Crippen LogP contribution in [0.25, 0.3) is 17.7 Å². The van der Waals surface area contributed by atoms with Crippen LogP contribution in [0.5, 0.6) is 5.75 Å². The number of rotatable bonds is 8. The maximum Gasteiger partial charge on any atom is 0.256 e. The lowest BCUT2D eigenvalue weighted by Gasteiger charge is -2.07. The smallest absolute Gasteiger partial charge is 0.256 e. The number of fused-ring (bicyclic) bond motifs is 1. The van der Waals surface area contributed by atoms with E-state index in [1.165, 1.54) is 0 Å². The Balaban J connectivity index is 1.90. The SMILES string of the molecule is CCCCC[C@@H](O)C=Cc1cccc2c1C(=Cc1[nH]ccc1OC)C(=O)N2. The number of unbranched alkanes of at least 4 members (excludes halogenated alkanes) is 2. The summed E-state index contributed by atoms with van der Waals surface area (Å²) in [5.41, 5.74) is 3.84. The van der Waals surface area contributed by atoms with E-state index in [0.29, 0.717) is 11.3 Å². The number of hydrogen-bond acceptors (Lipinski definition) is 3. The molecule has 5 nitrogen and oxygen atoms in total. The van der Waals surface area contributed by atoms with Gasteiger partial charge in [0.2, 0.25) is 0 Å². The van der Waals surface area contributed by atoms with Crippen LogP contribution in [-0.2, 0) is 4.79 Å². The highest BCUT2D eigenvalue weighted by Gasteiger charge is 2.26. The molecule has 1 aliphatic heterocycles. The number of carbonyl (C=O) groups excluding carboxylic acids is 1. The zero-order valence-corrected chi connectivity index (χ0v) is 15.8. The van der Waals surface area contributed by atoms with Crippen LogP contribution in [0.1, 0.15) is 49.4 Å². The number of aliphatic hydroxyl groups is 1. The fourth-order valence-electron chi connectivity index (χ4n) is 3.27. The van der Waals surface area contributed by atoms with Gasteiger partial charge in [-0.1, -0.05) is 50.5 Å². The molecule has 1 amide bonds. The van der Waals surface area contributed by atoms with Gasteiger partial charge in [-0.25, -0.2) is 0 Å². The first-order valence-corrected chi connectivity index (χ1v) is 9.38. The molecule has 27 heavy (non-hydrogen) atoms. The summed E-state index contributed by atoms with van der Waals surface area (Å²) >= 11 is 0. The third kappa shape index (κ3) is 4.31. The molecule has 5 heteroatoms. The van der Waals surface area contributed by atoms with Crippen LogP contribution in [-0.4, -0.2) is 29.2 Å². The molecule has 3 N–H and O–H groups in total. The number of ether oxygens (including phenoxy) is 1. The number of aliphatic hydroxyl groups excluding tert-OH is 1. The van der Waals surface area contributed by atoms with Crippen molar-refractivity contribution in [1.82, 2.24) is 4.98 Å².